The minimum absolute atomic E-state index is 0. The van der Waals surface area contributed by atoms with E-state index in [9.17, 15) is 9.59 Å². The fourth-order valence-electron chi connectivity index (χ4n) is 3.02. The molecular weight excluding hydrogens is 358 g/mol. The molecule has 1 aliphatic heterocycles. The van der Waals surface area contributed by atoms with Gasteiger partial charge in [0.05, 0.1) is 20.1 Å². The van der Waals surface area contributed by atoms with Gasteiger partial charge in [-0.25, -0.2) is 0 Å². The Morgan fingerprint density at radius 3 is 2.58 bits per heavy atom. The molecule has 0 aliphatic carbocycles. The van der Waals surface area contributed by atoms with Crippen LogP contribution >= 0.6 is 12.4 Å². The van der Waals surface area contributed by atoms with Crippen molar-refractivity contribution in [1.29, 1.82) is 0 Å². The van der Waals surface area contributed by atoms with Crippen molar-refractivity contribution in [2.75, 3.05) is 27.3 Å². The summed E-state index contributed by atoms with van der Waals surface area (Å²) in [6.07, 6.45) is 1.41. The molecule has 1 saturated heterocycles. The van der Waals surface area contributed by atoms with Gasteiger partial charge in [-0.2, -0.15) is 0 Å². The molecule has 0 bridgehead atoms. The Morgan fingerprint density at radius 1 is 1.23 bits per heavy atom. The summed E-state index contributed by atoms with van der Waals surface area (Å²) in [6.45, 7) is 2.78. The molecule has 1 aromatic carbocycles. The first kappa shape index (κ1) is 22.1. The molecule has 1 aromatic rings. The summed E-state index contributed by atoms with van der Waals surface area (Å²) in [5.74, 6) is 0.988. The molecule has 0 unspecified atom stereocenters. The van der Waals surface area contributed by atoms with Crippen molar-refractivity contribution >= 4 is 24.2 Å². The molecule has 2 atom stereocenters. The lowest BCUT2D eigenvalue weighted by Gasteiger charge is -2.23. The Bertz CT molecular complexity index is 626. The third kappa shape index (κ3) is 5.78. The number of amides is 2. The van der Waals surface area contributed by atoms with Crippen LogP contribution < -0.4 is 20.5 Å². The lowest BCUT2D eigenvalue weighted by Crippen LogP contribution is -2.42. The maximum absolute atomic E-state index is 12.6. The highest BCUT2D eigenvalue weighted by molar-refractivity contribution is 5.85. The van der Waals surface area contributed by atoms with Gasteiger partial charge in [0.15, 0.2) is 0 Å². The summed E-state index contributed by atoms with van der Waals surface area (Å²) in [5.41, 5.74) is 6.87. The van der Waals surface area contributed by atoms with Gasteiger partial charge in [0.2, 0.25) is 11.8 Å². The summed E-state index contributed by atoms with van der Waals surface area (Å²) in [7, 11) is 3.17. The number of likely N-dealkylation sites (tertiary alicyclic amines) is 1. The van der Waals surface area contributed by atoms with Crippen LogP contribution in [0.25, 0.3) is 0 Å². The quantitative estimate of drug-likeness (QED) is 0.797. The van der Waals surface area contributed by atoms with Crippen molar-refractivity contribution in [1.82, 2.24) is 10.2 Å². The van der Waals surface area contributed by atoms with Crippen LogP contribution in [0, 0.1) is 5.92 Å². The van der Waals surface area contributed by atoms with Gasteiger partial charge in [-0.15, -0.1) is 12.4 Å². The number of nitrogens with zero attached hydrogens (tertiary/aromatic N) is 1. The van der Waals surface area contributed by atoms with Crippen LogP contribution in [-0.2, 0) is 16.1 Å². The number of rotatable bonds is 5. The Morgan fingerprint density at radius 2 is 1.96 bits per heavy atom. The number of halogens is 1. The maximum atomic E-state index is 12.6. The van der Waals surface area contributed by atoms with Crippen molar-refractivity contribution in [3.8, 4) is 11.5 Å². The summed E-state index contributed by atoms with van der Waals surface area (Å²) in [6, 6.07) is 5.39. The lowest BCUT2D eigenvalue weighted by atomic mass is 10.0. The van der Waals surface area contributed by atoms with Gasteiger partial charge in [0.25, 0.3) is 0 Å². The summed E-state index contributed by atoms with van der Waals surface area (Å²) < 4.78 is 10.5. The Balaban J connectivity index is 0.00000338. The van der Waals surface area contributed by atoms with Crippen molar-refractivity contribution in [3.63, 3.8) is 0 Å². The third-order valence-electron chi connectivity index (χ3n) is 4.55. The van der Waals surface area contributed by atoms with E-state index in [2.05, 4.69) is 5.32 Å². The lowest BCUT2D eigenvalue weighted by molar-refractivity contribution is -0.131. The Labute approximate surface area is 160 Å². The van der Waals surface area contributed by atoms with E-state index in [1.807, 2.05) is 12.1 Å². The highest BCUT2D eigenvalue weighted by atomic mass is 35.5. The van der Waals surface area contributed by atoms with Crippen molar-refractivity contribution in [2.24, 2.45) is 11.7 Å². The largest absolute Gasteiger partial charge is 0.497 e. The highest BCUT2D eigenvalue weighted by Gasteiger charge is 2.28. The number of carbonyl (C=O) groups excluding carboxylic acids is 2. The smallest absolute Gasteiger partial charge is 0.225 e. The highest BCUT2D eigenvalue weighted by Crippen LogP contribution is 2.24. The Kier molecular flexibility index (Phi) is 8.68. The molecule has 8 heteroatoms. The topological polar surface area (TPSA) is 93.9 Å². The van der Waals surface area contributed by atoms with E-state index in [1.54, 1.807) is 25.2 Å². The second-order valence-electron chi connectivity index (χ2n) is 6.35. The third-order valence-corrected chi connectivity index (χ3v) is 4.55. The molecule has 7 nitrogen and oxygen atoms in total. The fourth-order valence-corrected chi connectivity index (χ4v) is 3.02. The standard InChI is InChI=1S/C18H27N3O4.ClH/c1-12(22)21-10-14(4-6-15(19)11-21)18(23)20-9-13-5-7-16(24-2)8-17(13)25-3;/h5,7-8,14-15H,4,6,9-11,19H2,1-3H3,(H,20,23);1H/t14-,15+;/m1./s1. The van der Waals surface area contributed by atoms with E-state index in [1.165, 1.54) is 6.92 Å². The fraction of sp³-hybridized carbons (Fsp3) is 0.556. The Hall–Kier alpha value is -1.99. The number of hydrogen-bond donors (Lipinski definition) is 2. The van der Waals surface area contributed by atoms with E-state index in [0.29, 0.717) is 37.6 Å². The van der Waals surface area contributed by atoms with Gasteiger partial charge >= 0.3 is 0 Å². The first-order chi connectivity index (χ1) is 11.9. The van der Waals surface area contributed by atoms with Gasteiger partial charge in [0.1, 0.15) is 11.5 Å². The van der Waals surface area contributed by atoms with E-state index in [0.717, 1.165) is 12.0 Å². The molecule has 0 spiro atoms. The number of hydrogen-bond acceptors (Lipinski definition) is 5. The van der Waals surface area contributed by atoms with Crippen LogP contribution in [0.2, 0.25) is 0 Å². The van der Waals surface area contributed by atoms with Crippen molar-refractivity contribution in [3.05, 3.63) is 23.8 Å². The van der Waals surface area contributed by atoms with E-state index < -0.39 is 0 Å². The first-order valence-electron chi connectivity index (χ1n) is 8.44. The molecule has 1 fully saturated rings. The second-order valence-corrected chi connectivity index (χ2v) is 6.35. The summed E-state index contributed by atoms with van der Waals surface area (Å²) >= 11 is 0. The maximum Gasteiger partial charge on any atom is 0.225 e. The number of nitrogens with two attached hydrogens (primary N) is 1. The molecule has 0 saturated carbocycles. The first-order valence-corrected chi connectivity index (χ1v) is 8.44. The zero-order valence-electron chi connectivity index (χ0n) is 15.5. The second kappa shape index (κ2) is 10.2. The average Bonchev–Trinajstić information content (AvgIpc) is 2.81. The van der Waals surface area contributed by atoms with Crippen LogP contribution in [0.1, 0.15) is 25.3 Å². The minimum atomic E-state index is -0.248. The number of methoxy groups -OCH3 is 2. The molecule has 0 aromatic heterocycles. The monoisotopic (exact) mass is 385 g/mol. The normalized spacial score (nSPS) is 19.8. The van der Waals surface area contributed by atoms with Crippen LogP contribution in [-0.4, -0.2) is 50.1 Å². The molecular formula is C18H28ClN3O4. The number of benzene rings is 1. The molecule has 1 aliphatic rings. The SMILES string of the molecule is COc1ccc(CNC(=O)[C@@H]2CC[C@H](N)CN(C(C)=O)C2)c(OC)c1.Cl. The zero-order valence-corrected chi connectivity index (χ0v) is 16.3. The van der Waals surface area contributed by atoms with Crippen LogP contribution in [0.15, 0.2) is 18.2 Å². The summed E-state index contributed by atoms with van der Waals surface area (Å²) in [4.78, 5) is 25.9. The number of nitrogens with one attached hydrogen (secondary N) is 1. The number of carbonyl (C=O) groups is 2. The van der Waals surface area contributed by atoms with E-state index in [-0.39, 0.29) is 36.2 Å². The van der Waals surface area contributed by atoms with Crippen LogP contribution in [0.5, 0.6) is 11.5 Å². The molecule has 2 rings (SSSR count). The zero-order chi connectivity index (χ0) is 18.4. The molecule has 26 heavy (non-hydrogen) atoms. The van der Waals surface area contributed by atoms with E-state index in [4.69, 9.17) is 15.2 Å². The molecule has 3 N–H and O–H groups in total. The van der Waals surface area contributed by atoms with Gasteiger partial charge in [0, 0.05) is 44.2 Å². The van der Waals surface area contributed by atoms with Gasteiger partial charge in [-0.3, -0.25) is 9.59 Å². The molecule has 1 heterocycles. The molecule has 2 amide bonds. The predicted octanol–water partition coefficient (Wildman–Crippen LogP) is 1.33. The average molecular weight is 386 g/mol. The van der Waals surface area contributed by atoms with Crippen LogP contribution in [0.3, 0.4) is 0 Å². The number of ether oxygens (including phenoxy) is 2. The molecule has 146 valence electrons. The van der Waals surface area contributed by atoms with Crippen molar-refractivity contribution in [2.45, 2.75) is 32.4 Å². The van der Waals surface area contributed by atoms with Crippen molar-refractivity contribution < 1.29 is 19.1 Å². The van der Waals surface area contributed by atoms with Gasteiger partial charge < -0.3 is 25.4 Å². The molecule has 0 radical (unpaired) electrons. The predicted molar refractivity (Wildman–Crippen MR) is 102 cm³/mol. The van der Waals surface area contributed by atoms with Gasteiger partial charge in [-0.05, 0) is 25.0 Å². The van der Waals surface area contributed by atoms with Crippen LogP contribution in [0.4, 0.5) is 0 Å². The summed E-state index contributed by atoms with van der Waals surface area (Å²) in [5, 5.41) is 2.94. The van der Waals surface area contributed by atoms with E-state index >= 15 is 0 Å². The van der Waals surface area contributed by atoms with Gasteiger partial charge in [-0.1, -0.05) is 0 Å². The minimum Gasteiger partial charge on any atom is -0.497 e.